The van der Waals surface area contributed by atoms with E-state index in [4.69, 9.17) is 5.73 Å². The van der Waals surface area contributed by atoms with Gasteiger partial charge in [0.15, 0.2) is 0 Å². The maximum atomic E-state index is 13.6. The molecular weight excluding hydrogens is 487 g/mol. The number of pyridine rings is 1. The van der Waals surface area contributed by atoms with Crippen molar-refractivity contribution >= 4 is 39.2 Å². The highest BCUT2D eigenvalue weighted by Crippen LogP contribution is 2.34. The van der Waals surface area contributed by atoms with Crippen molar-refractivity contribution in [2.75, 3.05) is 28.2 Å². The number of nitrogens with one attached hydrogen (secondary N) is 2. The zero-order valence-electron chi connectivity index (χ0n) is 18.9. The molecule has 0 spiro atoms. The minimum Gasteiger partial charge on any atom is -0.366 e. The van der Waals surface area contributed by atoms with Crippen LogP contribution in [0.1, 0.15) is 27.2 Å². The van der Waals surface area contributed by atoms with Gasteiger partial charge in [0.1, 0.15) is 17.2 Å². The van der Waals surface area contributed by atoms with Crippen molar-refractivity contribution in [1.82, 2.24) is 15.0 Å². The lowest BCUT2D eigenvalue weighted by Crippen LogP contribution is -2.27. The Bertz CT molecular complexity index is 1350. The van der Waals surface area contributed by atoms with Crippen LogP contribution in [-0.2, 0) is 22.7 Å². The molecule has 10 nitrogen and oxygen atoms in total. The van der Waals surface area contributed by atoms with E-state index in [1.54, 1.807) is 19.1 Å². The Balaban J connectivity index is 1.92. The van der Waals surface area contributed by atoms with E-state index >= 15 is 0 Å². The lowest BCUT2D eigenvalue weighted by atomic mass is 10.2. The molecular formula is C21H22F3N7O3S. The molecule has 1 aromatic carbocycles. The van der Waals surface area contributed by atoms with Crippen molar-refractivity contribution in [3.63, 3.8) is 0 Å². The zero-order valence-corrected chi connectivity index (χ0v) is 19.7. The summed E-state index contributed by atoms with van der Waals surface area (Å²) in [4.78, 5) is 23.1. The van der Waals surface area contributed by atoms with Crippen LogP contribution in [0, 0.1) is 6.92 Å². The highest BCUT2D eigenvalue weighted by atomic mass is 32.2. The number of primary amides is 1. The highest BCUT2D eigenvalue weighted by Gasteiger charge is 2.35. The number of carbonyl (C=O) groups excluding carboxylic acids is 1. The fourth-order valence-corrected chi connectivity index (χ4v) is 3.42. The van der Waals surface area contributed by atoms with Crippen molar-refractivity contribution in [3.05, 3.63) is 65.0 Å². The van der Waals surface area contributed by atoms with Gasteiger partial charge in [0.05, 0.1) is 6.26 Å². The second kappa shape index (κ2) is 9.74. The van der Waals surface area contributed by atoms with Crippen LogP contribution < -0.4 is 20.7 Å². The summed E-state index contributed by atoms with van der Waals surface area (Å²) < 4.78 is 65.7. The summed E-state index contributed by atoms with van der Waals surface area (Å²) in [5, 5.41) is 5.38. The Morgan fingerprint density at radius 2 is 1.77 bits per heavy atom. The van der Waals surface area contributed by atoms with Gasteiger partial charge in [-0.3, -0.25) is 9.10 Å². The number of alkyl halides is 3. The number of aromatic nitrogens is 3. The lowest BCUT2D eigenvalue weighted by Gasteiger charge is -2.20. The van der Waals surface area contributed by atoms with Crippen LogP contribution in [0.4, 0.5) is 36.4 Å². The number of rotatable bonds is 8. The number of carbonyl (C=O) groups is 1. The molecule has 0 aliphatic heterocycles. The molecule has 0 unspecified atom stereocenters. The van der Waals surface area contributed by atoms with Gasteiger partial charge in [0.25, 0.3) is 0 Å². The van der Waals surface area contributed by atoms with Crippen LogP contribution in [0.15, 0.2) is 42.6 Å². The first-order valence-electron chi connectivity index (χ1n) is 10.0. The lowest BCUT2D eigenvalue weighted by molar-refractivity contribution is -0.137. The molecule has 0 saturated heterocycles. The smallest absolute Gasteiger partial charge is 0.366 e. The van der Waals surface area contributed by atoms with E-state index in [1.807, 2.05) is 0 Å². The maximum Gasteiger partial charge on any atom is 0.421 e. The summed E-state index contributed by atoms with van der Waals surface area (Å²) in [6, 6.07) is 9.07. The molecule has 0 aliphatic rings. The average Bonchev–Trinajstić information content (AvgIpc) is 2.76. The topological polar surface area (TPSA) is 143 Å². The SMILES string of the molecule is Cc1ccc(CNc2nc(Nc3ccc(C(N)=O)cc3)ncc2C(F)(F)F)c(N(C)S(C)(=O)=O)n1. The van der Waals surface area contributed by atoms with E-state index in [0.29, 0.717) is 23.1 Å². The first-order chi connectivity index (χ1) is 16.3. The predicted molar refractivity (Wildman–Crippen MR) is 125 cm³/mol. The Hall–Kier alpha value is -3.94. The highest BCUT2D eigenvalue weighted by molar-refractivity contribution is 7.92. The summed E-state index contributed by atoms with van der Waals surface area (Å²) in [5.74, 6) is -1.20. The third kappa shape index (κ3) is 6.35. The van der Waals surface area contributed by atoms with Crippen molar-refractivity contribution < 1.29 is 26.4 Å². The molecule has 2 heterocycles. The summed E-state index contributed by atoms with van der Waals surface area (Å²) in [7, 11) is -2.36. The number of hydrogen-bond donors (Lipinski definition) is 3. The zero-order chi connectivity index (χ0) is 26.0. The number of hydrogen-bond acceptors (Lipinski definition) is 8. The minimum absolute atomic E-state index is 0.0792. The van der Waals surface area contributed by atoms with Crippen LogP contribution in [0.5, 0.6) is 0 Å². The summed E-state index contributed by atoms with van der Waals surface area (Å²) in [6.45, 7) is 1.46. The van der Waals surface area contributed by atoms with Crippen LogP contribution in [0.2, 0.25) is 0 Å². The molecule has 14 heteroatoms. The Kier molecular flexibility index (Phi) is 7.14. The minimum atomic E-state index is -4.75. The molecule has 1 amide bonds. The quantitative estimate of drug-likeness (QED) is 0.420. The standard InChI is InChI=1S/C21H22F3N7O3S/c1-12-4-5-14(19(28-12)31(2)35(3,33)34)10-26-18-16(21(22,23)24)11-27-20(30-18)29-15-8-6-13(7-9-15)17(25)32/h4-9,11H,10H2,1-3H3,(H2,25,32)(H2,26,27,29,30). The van der Waals surface area contributed by atoms with Gasteiger partial charge >= 0.3 is 6.18 Å². The molecule has 0 atom stereocenters. The monoisotopic (exact) mass is 509 g/mol. The third-order valence-electron chi connectivity index (χ3n) is 4.86. The molecule has 3 rings (SSSR count). The number of nitrogens with two attached hydrogens (primary N) is 1. The Morgan fingerprint density at radius 3 is 2.34 bits per heavy atom. The fourth-order valence-electron chi connectivity index (χ4n) is 2.95. The Morgan fingerprint density at radius 1 is 1.11 bits per heavy atom. The molecule has 35 heavy (non-hydrogen) atoms. The third-order valence-corrected chi connectivity index (χ3v) is 6.02. The molecule has 0 aliphatic carbocycles. The van der Waals surface area contributed by atoms with Crippen molar-refractivity contribution in [2.45, 2.75) is 19.6 Å². The molecule has 0 radical (unpaired) electrons. The van der Waals surface area contributed by atoms with Crippen molar-refractivity contribution in [1.29, 1.82) is 0 Å². The second-order valence-corrected chi connectivity index (χ2v) is 9.55. The van der Waals surface area contributed by atoms with Gasteiger partial charge < -0.3 is 16.4 Å². The van der Waals surface area contributed by atoms with Gasteiger partial charge in [-0.2, -0.15) is 18.2 Å². The summed E-state index contributed by atoms with van der Waals surface area (Å²) >= 11 is 0. The van der Waals surface area contributed by atoms with Crippen LogP contribution in [-0.4, -0.2) is 42.6 Å². The van der Waals surface area contributed by atoms with Crippen LogP contribution in [0.3, 0.4) is 0 Å². The first kappa shape index (κ1) is 25.7. The number of benzene rings is 1. The summed E-state index contributed by atoms with van der Waals surface area (Å²) in [6.07, 6.45) is -3.12. The molecule has 186 valence electrons. The fraction of sp³-hybridized carbons (Fsp3) is 0.238. The molecule has 0 fully saturated rings. The van der Waals surface area contributed by atoms with E-state index in [0.717, 1.165) is 10.6 Å². The first-order valence-corrected chi connectivity index (χ1v) is 11.9. The number of nitrogens with zero attached hydrogens (tertiary/aromatic N) is 4. The van der Waals surface area contributed by atoms with Crippen LogP contribution >= 0.6 is 0 Å². The number of aryl methyl sites for hydroxylation is 1. The van der Waals surface area contributed by atoms with Crippen LogP contribution in [0.25, 0.3) is 0 Å². The van der Waals surface area contributed by atoms with E-state index in [-0.39, 0.29) is 23.9 Å². The largest absolute Gasteiger partial charge is 0.421 e. The number of sulfonamides is 1. The maximum absolute atomic E-state index is 13.6. The van der Waals surface area contributed by atoms with E-state index in [1.165, 1.54) is 31.3 Å². The van der Waals surface area contributed by atoms with Gasteiger partial charge in [-0.1, -0.05) is 6.07 Å². The number of halogens is 3. The number of anilines is 4. The van der Waals surface area contributed by atoms with E-state index in [2.05, 4.69) is 25.6 Å². The normalized spacial score (nSPS) is 11.7. The van der Waals surface area contributed by atoms with E-state index in [9.17, 15) is 26.4 Å². The van der Waals surface area contributed by atoms with Crippen molar-refractivity contribution in [2.24, 2.45) is 5.73 Å². The Labute approximate surface area is 199 Å². The van der Waals surface area contributed by atoms with Gasteiger partial charge in [-0.05, 0) is 37.3 Å². The number of amides is 1. The molecule has 0 bridgehead atoms. The summed E-state index contributed by atoms with van der Waals surface area (Å²) in [5.41, 5.74) is 5.64. The molecule has 3 aromatic rings. The van der Waals surface area contributed by atoms with Crippen molar-refractivity contribution in [3.8, 4) is 0 Å². The van der Waals surface area contributed by atoms with Gasteiger partial charge in [-0.25, -0.2) is 18.4 Å². The average molecular weight is 510 g/mol. The second-order valence-electron chi connectivity index (χ2n) is 7.54. The molecule has 2 aromatic heterocycles. The van der Waals surface area contributed by atoms with Gasteiger partial charge in [0, 0.05) is 42.3 Å². The van der Waals surface area contributed by atoms with E-state index < -0.39 is 33.5 Å². The molecule has 0 saturated carbocycles. The predicted octanol–water partition coefficient (Wildman–Crippen LogP) is 3.05. The van der Waals surface area contributed by atoms with Gasteiger partial charge in [-0.15, -0.1) is 0 Å². The van der Waals surface area contributed by atoms with Gasteiger partial charge in [0.2, 0.25) is 21.9 Å². The molecule has 4 N–H and O–H groups in total.